The lowest BCUT2D eigenvalue weighted by Gasteiger charge is -2.24. The van der Waals surface area contributed by atoms with E-state index < -0.39 is 16.1 Å². The van der Waals surface area contributed by atoms with Crippen molar-refractivity contribution in [1.82, 2.24) is 9.62 Å². The molecule has 1 aromatic heterocycles. The van der Waals surface area contributed by atoms with Crippen LogP contribution < -0.4 is 4.72 Å². The number of nitrogens with zero attached hydrogens (tertiary/aromatic N) is 1. The highest BCUT2D eigenvalue weighted by Gasteiger charge is 2.30. The predicted octanol–water partition coefficient (Wildman–Crippen LogP) is 1.76. The Hall–Kier alpha value is -0.920. The first-order valence-electron chi connectivity index (χ1n) is 6.36. The summed E-state index contributed by atoms with van der Waals surface area (Å²) >= 11 is 1.43. The summed E-state index contributed by atoms with van der Waals surface area (Å²) in [6, 6.07) is 0.884. The molecular weight excluding hydrogens is 296 g/mol. The first-order valence-corrected chi connectivity index (χ1v) is 8.66. The molecule has 1 heterocycles. The van der Waals surface area contributed by atoms with E-state index in [2.05, 4.69) is 4.72 Å². The number of carbonyl (C=O) groups excluding carboxylic acids is 1. The van der Waals surface area contributed by atoms with E-state index in [1.165, 1.54) is 16.2 Å². The molecular formula is C13H22N2O3S2. The topological polar surface area (TPSA) is 66.5 Å². The van der Waals surface area contributed by atoms with Crippen LogP contribution in [0.2, 0.25) is 0 Å². The monoisotopic (exact) mass is 318 g/mol. The summed E-state index contributed by atoms with van der Waals surface area (Å²) in [6.07, 6.45) is 0. The fourth-order valence-electron chi connectivity index (χ4n) is 1.85. The first kappa shape index (κ1) is 17.1. The second-order valence-electron chi connectivity index (χ2n) is 5.35. The van der Waals surface area contributed by atoms with Crippen molar-refractivity contribution >= 4 is 27.3 Å². The molecule has 0 aliphatic rings. The summed E-state index contributed by atoms with van der Waals surface area (Å²) in [7, 11) is -0.446. The van der Waals surface area contributed by atoms with Gasteiger partial charge in [-0.2, -0.15) is 4.72 Å². The highest BCUT2D eigenvalue weighted by molar-refractivity contribution is 7.89. The van der Waals surface area contributed by atoms with Gasteiger partial charge >= 0.3 is 0 Å². The minimum Gasteiger partial charge on any atom is -0.347 e. The molecule has 1 amide bonds. The summed E-state index contributed by atoms with van der Waals surface area (Å²) in [4.78, 5) is 15.4. The fourth-order valence-corrected chi connectivity index (χ4v) is 4.75. The maximum atomic E-state index is 12.4. The number of hydrogen-bond acceptors (Lipinski definition) is 4. The van der Waals surface area contributed by atoms with Crippen LogP contribution in [-0.4, -0.2) is 39.4 Å². The quantitative estimate of drug-likeness (QED) is 0.899. The van der Waals surface area contributed by atoms with Gasteiger partial charge < -0.3 is 4.90 Å². The van der Waals surface area contributed by atoms with E-state index in [0.29, 0.717) is 0 Å². The molecule has 1 rings (SSSR count). The van der Waals surface area contributed by atoms with E-state index in [9.17, 15) is 13.2 Å². The van der Waals surface area contributed by atoms with Crippen LogP contribution in [0, 0.1) is 19.8 Å². The summed E-state index contributed by atoms with van der Waals surface area (Å²) in [5.74, 6) is -0.368. The predicted molar refractivity (Wildman–Crippen MR) is 81.4 cm³/mol. The molecule has 0 aliphatic heterocycles. The molecule has 1 atom stereocenters. The van der Waals surface area contributed by atoms with Crippen LogP contribution in [0.5, 0.6) is 0 Å². The van der Waals surface area contributed by atoms with E-state index in [-0.39, 0.29) is 16.7 Å². The van der Waals surface area contributed by atoms with E-state index in [1.807, 2.05) is 20.8 Å². The van der Waals surface area contributed by atoms with Crippen molar-refractivity contribution < 1.29 is 13.2 Å². The molecule has 0 spiro atoms. The highest BCUT2D eigenvalue weighted by atomic mass is 32.2. The standard InChI is InChI=1S/C13H22N2O3S2/c1-8(2)12(13(16)15(5)6)14-20(17,18)11-7-9(3)19-10(11)4/h7-8,12,14H,1-6H3. The molecule has 5 nitrogen and oxygen atoms in total. The average Bonchev–Trinajstić information content (AvgIpc) is 2.65. The Morgan fingerprint density at radius 3 is 2.20 bits per heavy atom. The second-order valence-corrected chi connectivity index (χ2v) is 8.50. The fraction of sp³-hybridized carbons (Fsp3) is 0.615. The Kier molecular flexibility index (Phi) is 5.34. The van der Waals surface area contributed by atoms with E-state index >= 15 is 0 Å². The summed E-state index contributed by atoms with van der Waals surface area (Å²) in [6.45, 7) is 7.27. The maximum absolute atomic E-state index is 12.4. The summed E-state index contributed by atoms with van der Waals surface area (Å²) in [5.41, 5.74) is 0. The van der Waals surface area contributed by atoms with E-state index in [4.69, 9.17) is 0 Å². The third-order valence-electron chi connectivity index (χ3n) is 2.94. The van der Waals surface area contributed by atoms with Crippen molar-refractivity contribution in [2.24, 2.45) is 5.92 Å². The van der Waals surface area contributed by atoms with Crippen LogP contribution in [0.15, 0.2) is 11.0 Å². The van der Waals surface area contributed by atoms with Gasteiger partial charge in [-0.15, -0.1) is 11.3 Å². The SMILES string of the molecule is Cc1cc(S(=O)(=O)NC(C(=O)N(C)C)C(C)C)c(C)s1. The molecule has 1 aromatic rings. The molecule has 0 radical (unpaired) electrons. The maximum Gasteiger partial charge on any atom is 0.242 e. The van der Waals surface area contributed by atoms with Gasteiger partial charge in [0, 0.05) is 23.8 Å². The van der Waals surface area contributed by atoms with E-state index in [0.717, 1.165) is 9.75 Å². The van der Waals surface area contributed by atoms with Crippen LogP contribution in [0.3, 0.4) is 0 Å². The smallest absolute Gasteiger partial charge is 0.242 e. The minimum atomic E-state index is -3.68. The van der Waals surface area contributed by atoms with Crippen molar-refractivity contribution in [1.29, 1.82) is 0 Å². The van der Waals surface area contributed by atoms with Crippen LogP contribution >= 0.6 is 11.3 Å². The van der Waals surface area contributed by atoms with Gasteiger partial charge in [0.25, 0.3) is 0 Å². The van der Waals surface area contributed by atoms with Crippen molar-refractivity contribution in [2.75, 3.05) is 14.1 Å². The Bertz CT molecular complexity index is 589. The average molecular weight is 318 g/mol. The van der Waals surface area contributed by atoms with Crippen LogP contribution in [0.25, 0.3) is 0 Å². The zero-order valence-electron chi connectivity index (χ0n) is 12.7. The number of rotatable bonds is 5. The lowest BCUT2D eigenvalue weighted by Crippen LogP contribution is -2.49. The molecule has 0 fully saturated rings. The number of carbonyl (C=O) groups is 1. The number of aryl methyl sites for hydroxylation is 2. The molecule has 0 saturated heterocycles. The van der Waals surface area contributed by atoms with Crippen LogP contribution in [0.1, 0.15) is 23.6 Å². The Morgan fingerprint density at radius 1 is 1.30 bits per heavy atom. The summed E-state index contributed by atoms with van der Waals surface area (Å²) < 4.78 is 27.4. The normalized spacial score (nSPS) is 13.6. The molecule has 1 unspecified atom stereocenters. The van der Waals surface area contributed by atoms with Gasteiger partial charge in [0.05, 0.1) is 4.90 Å². The van der Waals surface area contributed by atoms with Crippen LogP contribution in [0.4, 0.5) is 0 Å². The summed E-state index contributed by atoms with van der Waals surface area (Å²) in [5, 5.41) is 0. The molecule has 114 valence electrons. The van der Waals surface area contributed by atoms with Gasteiger partial charge in [0.2, 0.25) is 15.9 Å². The third-order valence-corrected chi connectivity index (χ3v) is 5.60. The van der Waals surface area contributed by atoms with Gasteiger partial charge in [-0.25, -0.2) is 8.42 Å². The van der Waals surface area contributed by atoms with Gasteiger partial charge in [-0.3, -0.25) is 4.79 Å². The van der Waals surface area contributed by atoms with Crippen molar-refractivity contribution in [3.05, 3.63) is 15.8 Å². The largest absolute Gasteiger partial charge is 0.347 e. The minimum absolute atomic E-state index is 0.125. The lowest BCUT2D eigenvalue weighted by molar-refractivity contribution is -0.131. The number of hydrogen-bond donors (Lipinski definition) is 1. The number of likely N-dealkylation sites (N-methyl/N-ethyl adjacent to an activating group) is 1. The third kappa shape index (κ3) is 3.80. The zero-order chi connectivity index (χ0) is 15.7. The number of amides is 1. The molecule has 0 aliphatic carbocycles. The van der Waals surface area contributed by atoms with Gasteiger partial charge in [-0.1, -0.05) is 13.8 Å². The van der Waals surface area contributed by atoms with Crippen molar-refractivity contribution in [2.45, 2.75) is 38.6 Å². The van der Waals surface area contributed by atoms with Crippen molar-refractivity contribution in [3.8, 4) is 0 Å². The lowest BCUT2D eigenvalue weighted by atomic mass is 10.0. The number of nitrogens with one attached hydrogen (secondary N) is 1. The Labute approximate surface area is 125 Å². The highest BCUT2D eigenvalue weighted by Crippen LogP contribution is 2.25. The first-order chi connectivity index (χ1) is 9.06. The van der Waals surface area contributed by atoms with Gasteiger partial charge in [0.15, 0.2) is 0 Å². The molecule has 1 N–H and O–H groups in total. The van der Waals surface area contributed by atoms with Crippen LogP contribution in [-0.2, 0) is 14.8 Å². The molecule has 20 heavy (non-hydrogen) atoms. The Balaban J connectivity index is 3.10. The molecule has 0 saturated carbocycles. The number of thiophene rings is 1. The van der Waals surface area contributed by atoms with E-state index in [1.54, 1.807) is 27.1 Å². The Morgan fingerprint density at radius 2 is 1.85 bits per heavy atom. The zero-order valence-corrected chi connectivity index (χ0v) is 14.4. The molecule has 7 heteroatoms. The van der Waals surface area contributed by atoms with Crippen molar-refractivity contribution in [3.63, 3.8) is 0 Å². The molecule has 0 aromatic carbocycles. The van der Waals surface area contributed by atoms with Gasteiger partial charge in [-0.05, 0) is 25.8 Å². The molecule has 0 bridgehead atoms. The second kappa shape index (κ2) is 6.24. The van der Waals surface area contributed by atoms with Gasteiger partial charge in [0.1, 0.15) is 6.04 Å². The number of sulfonamides is 1.